The molecule has 1 fully saturated rings. The zero-order valence-corrected chi connectivity index (χ0v) is 19.9. The number of aryl methyl sites for hydroxylation is 1. The topological polar surface area (TPSA) is 131 Å². The summed E-state index contributed by atoms with van der Waals surface area (Å²) in [7, 11) is 1.51. The number of rotatable bonds is 3. The fourth-order valence-electron chi connectivity index (χ4n) is 3.51. The minimum absolute atomic E-state index is 0.131. The van der Waals surface area contributed by atoms with E-state index < -0.39 is 17.5 Å². The van der Waals surface area contributed by atoms with E-state index in [1.54, 1.807) is 31.2 Å². The van der Waals surface area contributed by atoms with Crippen molar-refractivity contribution >= 4 is 24.3 Å². The molecule has 10 heteroatoms. The van der Waals surface area contributed by atoms with E-state index in [4.69, 9.17) is 9.53 Å². The van der Waals surface area contributed by atoms with Gasteiger partial charge in [-0.2, -0.15) is 0 Å². The van der Waals surface area contributed by atoms with Crippen LogP contribution in [0.15, 0.2) is 36.4 Å². The van der Waals surface area contributed by atoms with Gasteiger partial charge in [0.25, 0.3) is 11.8 Å². The van der Waals surface area contributed by atoms with Crippen LogP contribution < -0.4 is 21.1 Å². The molecule has 0 unspecified atom stereocenters. The molecule has 2 aromatic carbocycles. The molecule has 1 saturated heterocycles. The van der Waals surface area contributed by atoms with Crippen molar-refractivity contribution in [3.63, 3.8) is 0 Å². The molecule has 0 radical (unpaired) electrons. The first-order valence-corrected chi connectivity index (χ1v) is 10.8. The Kier molecular flexibility index (Phi) is 8.94. The normalized spacial score (nSPS) is 17.4. The van der Waals surface area contributed by atoms with Crippen molar-refractivity contribution in [1.29, 1.82) is 0 Å². The third-order valence-electron chi connectivity index (χ3n) is 5.14. The van der Waals surface area contributed by atoms with E-state index in [1.807, 2.05) is 13.8 Å². The number of amides is 5. The van der Waals surface area contributed by atoms with Crippen LogP contribution >= 0.6 is 0 Å². The second kappa shape index (κ2) is 11.7. The average Bonchev–Trinajstić information content (AvgIpc) is 3.30. The molecule has 0 aromatic heterocycles. The standard InChI is InChI=1S/C22H18FN3O4.C2H6.CH3NO/c1-13-9-14(3-6-18(13)23)7-8-22(20(28)24-21(29)25-22)12-26-11-15-4-5-16(30-2)10-17(15)19(26)27;1-2;2-1-3/h3-6,9-10H,11-12H2,1-2H3,(H2,24,25,28,29);1-2H3;1H,(H2,2,3)/t22-;;/m1../s1. The van der Waals surface area contributed by atoms with Crippen molar-refractivity contribution in [3.8, 4) is 17.6 Å². The van der Waals surface area contributed by atoms with Gasteiger partial charge in [-0.3, -0.25) is 19.7 Å². The molecule has 4 N–H and O–H groups in total. The van der Waals surface area contributed by atoms with Crippen LogP contribution in [0, 0.1) is 24.6 Å². The zero-order valence-electron chi connectivity index (χ0n) is 19.9. The maximum absolute atomic E-state index is 13.5. The lowest BCUT2D eigenvalue weighted by molar-refractivity contribution is -0.122. The molecular formula is C25H27FN4O5. The summed E-state index contributed by atoms with van der Waals surface area (Å²) in [5.74, 6) is 4.89. The lowest BCUT2D eigenvalue weighted by Crippen LogP contribution is -2.54. The smallest absolute Gasteiger partial charge is 0.323 e. The molecule has 2 aromatic rings. The Morgan fingerprint density at radius 3 is 2.46 bits per heavy atom. The largest absolute Gasteiger partial charge is 0.497 e. The highest BCUT2D eigenvalue weighted by Crippen LogP contribution is 2.28. The molecule has 2 aliphatic rings. The predicted octanol–water partition coefficient (Wildman–Crippen LogP) is 1.86. The molecule has 5 amide bonds. The number of primary amides is 1. The van der Waals surface area contributed by atoms with Crippen LogP contribution in [-0.2, 0) is 16.1 Å². The summed E-state index contributed by atoms with van der Waals surface area (Å²) in [6.07, 6.45) is 0.250. The summed E-state index contributed by atoms with van der Waals surface area (Å²) >= 11 is 0. The lowest BCUT2D eigenvalue weighted by Gasteiger charge is -2.26. The molecule has 2 heterocycles. The van der Waals surface area contributed by atoms with Crippen molar-refractivity contribution < 1.29 is 28.3 Å². The predicted molar refractivity (Wildman–Crippen MR) is 127 cm³/mol. The first-order chi connectivity index (χ1) is 16.7. The molecule has 9 nitrogen and oxygen atoms in total. The van der Waals surface area contributed by atoms with Gasteiger partial charge in [0.1, 0.15) is 11.6 Å². The van der Waals surface area contributed by atoms with E-state index >= 15 is 0 Å². The van der Waals surface area contributed by atoms with E-state index in [0.717, 1.165) is 5.56 Å². The van der Waals surface area contributed by atoms with Crippen molar-refractivity contribution in [2.24, 2.45) is 5.73 Å². The fraction of sp³-hybridized carbons (Fsp3) is 0.280. The van der Waals surface area contributed by atoms with Crippen LogP contribution in [0.4, 0.5) is 9.18 Å². The Balaban J connectivity index is 0.000000803. The Morgan fingerprint density at radius 1 is 1.20 bits per heavy atom. The third-order valence-corrected chi connectivity index (χ3v) is 5.14. The number of nitrogens with zero attached hydrogens (tertiary/aromatic N) is 1. The molecule has 4 rings (SSSR count). The summed E-state index contributed by atoms with van der Waals surface area (Å²) in [5, 5.41) is 4.73. The molecule has 0 bridgehead atoms. The number of hydrogen-bond acceptors (Lipinski definition) is 5. The van der Waals surface area contributed by atoms with Crippen LogP contribution in [-0.4, -0.2) is 48.3 Å². The van der Waals surface area contributed by atoms with Crippen LogP contribution in [0.5, 0.6) is 5.75 Å². The van der Waals surface area contributed by atoms with Gasteiger partial charge < -0.3 is 20.7 Å². The second-order valence-corrected chi connectivity index (χ2v) is 7.35. The highest BCUT2D eigenvalue weighted by molar-refractivity contribution is 6.10. The lowest BCUT2D eigenvalue weighted by atomic mass is 9.98. The van der Waals surface area contributed by atoms with E-state index in [9.17, 15) is 18.8 Å². The number of nitrogens with one attached hydrogen (secondary N) is 2. The minimum atomic E-state index is -1.61. The average molecular weight is 483 g/mol. The Hall–Kier alpha value is -4.39. The summed E-state index contributed by atoms with van der Waals surface area (Å²) in [4.78, 5) is 47.4. The van der Waals surface area contributed by atoms with Crippen molar-refractivity contribution in [1.82, 2.24) is 15.5 Å². The molecule has 0 spiro atoms. The van der Waals surface area contributed by atoms with E-state index in [1.165, 1.54) is 24.1 Å². The van der Waals surface area contributed by atoms with E-state index in [-0.39, 0.29) is 31.2 Å². The van der Waals surface area contributed by atoms with Gasteiger partial charge in [0.15, 0.2) is 0 Å². The zero-order chi connectivity index (χ0) is 26.2. The van der Waals surface area contributed by atoms with Gasteiger partial charge in [-0.15, -0.1) is 0 Å². The highest BCUT2D eigenvalue weighted by Gasteiger charge is 2.48. The Bertz CT molecular complexity index is 1200. The van der Waals surface area contributed by atoms with Crippen LogP contribution in [0.3, 0.4) is 0 Å². The number of carbonyl (C=O) groups excluding carboxylic acids is 4. The number of urea groups is 1. The number of hydrogen-bond donors (Lipinski definition) is 3. The molecule has 1 atom stereocenters. The first-order valence-electron chi connectivity index (χ1n) is 10.8. The van der Waals surface area contributed by atoms with E-state index in [2.05, 4.69) is 28.2 Å². The molecular weight excluding hydrogens is 455 g/mol. The summed E-state index contributed by atoms with van der Waals surface area (Å²) in [5.41, 5.74) is 4.73. The van der Waals surface area contributed by atoms with Gasteiger partial charge in [-0.25, -0.2) is 9.18 Å². The third kappa shape index (κ3) is 5.95. The van der Waals surface area contributed by atoms with Crippen LogP contribution in [0.1, 0.15) is 40.9 Å². The van der Waals surface area contributed by atoms with Gasteiger partial charge in [0, 0.05) is 17.7 Å². The number of methoxy groups -OCH3 is 1. The second-order valence-electron chi connectivity index (χ2n) is 7.35. The number of halogens is 1. The van der Waals surface area contributed by atoms with Crippen LogP contribution in [0.2, 0.25) is 0 Å². The van der Waals surface area contributed by atoms with Gasteiger partial charge in [0.2, 0.25) is 11.9 Å². The Labute approximate surface area is 202 Å². The number of nitrogens with two attached hydrogens (primary N) is 1. The molecule has 0 aliphatic carbocycles. The molecule has 2 aliphatic heterocycles. The van der Waals surface area contributed by atoms with Crippen molar-refractivity contribution in [2.45, 2.75) is 32.9 Å². The van der Waals surface area contributed by atoms with Gasteiger partial charge in [-0.05, 0) is 48.4 Å². The number of benzene rings is 2. The van der Waals surface area contributed by atoms with Gasteiger partial charge in [0.05, 0.1) is 13.7 Å². The number of ether oxygens (including phenoxy) is 1. The minimum Gasteiger partial charge on any atom is -0.497 e. The fourth-order valence-corrected chi connectivity index (χ4v) is 3.51. The quantitative estimate of drug-likeness (QED) is 0.349. The summed E-state index contributed by atoms with van der Waals surface area (Å²) in [6.45, 7) is 5.75. The summed E-state index contributed by atoms with van der Waals surface area (Å²) < 4.78 is 18.7. The highest BCUT2D eigenvalue weighted by atomic mass is 19.1. The van der Waals surface area contributed by atoms with Crippen LogP contribution in [0.25, 0.3) is 0 Å². The van der Waals surface area contributed by atoms with Gasteiger partial charge >= 0.3 is 6.03 Å². The number of imide groups is 1. The van der Waals surface area contributed by atoms with Crippen molar-refractivity contribution in [2.75, 3.05) is 13.7 Å². The maximum atomic E-state index is 13.5. The molecule has 184 valence electrons. The number of fused-ring (bicyclic) bond motifs is 1. The molecule has 35 heavy (non-hydrogen) atoms. The van der Waals surface area contributed by atoms with E-state index in [0.29, 0.717) is 22.4 Å². The SMILES string of the molecule is CC.COc1ccc2c(c1)C(=O)N(C[C@@]1(C#Cc3ccc(F)c(C)c3)NC(=O)NC1=O)C2.NC=O. The monoisotopic (exact) mass is 482 g/mol. The first kappa shape index (κ1) is 26.9. The molecule has 0 saturated carbocycles. The maximum Gasteiger partial charge on any atom is 0.323 e. The van der Waals surface area contributed by atoms with Crippen molar-refractivity contribution in [3.05, 3.63) is 64.5 Å². The Morgan fingerprint density at radius 2 is 1.89 bits per heavy atom. The van der Waals surface area contributed by atoms with Gasteiger partial charge in [-0.1, -0.05) is 31.8 Å². The summed E-state index contributed by atoms with van der Waals surface area (Å²) in [6, 6.07) is 8.83. The number of carbonyl (C=O) groups is 4.